The van der Waals surface area contributed by atoms with E-state index in [0.717, 1.165) is 5.56 Å². The number of aryl methyl sites for hydroxylation is 1. The van der Waals surface area contributed by atoms with Gasteiger partial charge in [0.05, 0.1) is 4.90 Å². The number of carbonyl (C=O) groups is 1. The summed E-state index contributed by atoms with van der Waals surface area (Å²) in [4.78, 5) is 16.3. The lowest BCUT2D eigenvalue weighted by Crippen LogP contribution is -2.30. The molecule has 1 unspecified atom stereocenters. The second-order valence-electron chi connectivity index (χ2n) is 6.13. The number of nitrogens with one attached hydrogen (secondary N) is 2. The number of hydrogen-bond acceptors (Lipinski definition) is 6. The molecule has 0 bridgehead atoms. The molecule has 1 amide bonds. The second-order valence-corrected chi connectivity index (χ2v) is 9.11. The van der Waals surface area contributed by atoms with Gasteiger partial charge in [0.2, 0.25) is 0 Å². The van der Waals surface area contributed by atoms with Crippen molar-refractivity contribution in [3.63, 3.8) is 0 Å². The van der Waals surface area contributed by atoms with Gasteiger partial charge in [0.15, 0.2) is 11.2 Å². The predicted octanol–water partition coefficient (Wildman–Crippen LogP) is 4.31. The van der Waals surface area contributed by atoms with Gasteiger partial charge < -0.3 is 10.1 Å². The Hall–Kier alpha value is -2.62. The number of halogens is 1. The van der Waals surface area contributed by atoms with Crippen LogP contribution in [0, 0.1) is 6.92 Å². The highest BCUT2D eigenvalue weighted by Gasteiger charge is 2.18. The summed E-state index contributed by atoms with van der Waals surface area (Å²) in [5.41, 5.74) is 1.30. The highest BCUT2D eigenvalue weighted by atomic mass is 35.5. The first-order chi connectivity index (χ1) is 13.7. The van der Waals surface area contributed by atoms with Gasteiger partial charge >= 0.3 is 0 Å². The van der Waals surface area contributed by atoms with Crippen molar-refractivity contribution in [2.45, 2.75) is 24.8 Å². The molecule has 152 valence electrons. The van der Waals surface area contributed by atoms with Gasteiger partial charge in [-0.1, -0.05) is 11.6 Å². The highest BCUT2D eigenvalue weighted by molar-refractivity contribution is 7.93. The van der Waals surface area contributed by atoms with Crippen LogP contribution >= 0.6 is 22.9 Å². The number of amides is 1. The molecule has 1 heterocycles. The van der Waals surface area contributed by atoms with Gasteiger partial charge in [0.1, 0.15) is 5.75 Å². The Kier molecular flexibility index (Phi) is 6.41. The van der Waals surface area contributed by atoms with Crippen molar-refractivity contribution >= 4 is 49.7 Å². The van der Waals surface area contributed by atoms with Crippen molar-refractivity contribution in [3.8, 4) is 5.75 Å². The van der Waals surface area contributed by atoms with Gasteiger partial charge in [-0.25, -0.2) is 13.4 Å². The van der Waals surface area contributed by atoms with Crippen LogP contribution in [0.5, 0.6) is 5.75 Å². The molecule has 0 aliphatic carbocycles. The molecule has 1 atom stereocenters. The lowest BCUT2D eigenvalue weighted by Gasteiger charge is -2.15. The molecule has 10 heteroatoms. The number of aromatic nitrogens is 1. The molecular formula is C19H18ClN3O4S2. The van der Waals surface area contributed by atoms with Gasteiger partial charge in [-0.15, -0.1) is 11.3 Å². The summed E-state index contributed by atoms with van der Waals surface area (Å²) in [6, 6.07) is 11.0. The van der Waals surface area contributed by atoms with Crippen molar-refractivity contribution in [2.75, 3.05) is 10.0 Å². The molecule has 2 aromatic carbocycles. The quantitative estimate of drug-likeness (QED) is 0.557. The Labute approximate surface area is 177 Å². The maximum absolute atomic E-state index is 12.4. The van der Waals surface area contributed by atoms with E-state index in [0.29, 0.717) is 16.5 Å². The minimum Gasteiger partial charge on any atom is -0.481 e. The Morgan fingerprint density at radius 1 is 1.21 bits per heavy atom. The Morgan fingerprint density at radius 3 is 2.55 bits per heavy atom. The van der Waals surface area contributed by atoms with E-state index in [2.05, 4.69) is 15.0 Å². The molecule has 7 nitrogen and oxygen atoms in total. The minimum absolute atomic E-state index is 0.0617. The highest BCUT2D eigenvalue weighted by Crippen LogP contribution is 2.23. The fourth-order valence-electron chi connectivity index (χ4n) is 2.36. The smallest absolute Gasteiger partial charge is 0.265 e. The summed E-state index contributed by atoms with van der Waals surface area (Å²) in [6.07, 6.45) is 0.751. The number of nitrogens with zero attached hydrogens (tertiary/aromatic N) is 1. The van der Waals surface area contributed by atoms with Crippen LogP contribution in [0.25, 0.3) is 0 Å². The first kappa shape index (κ1) is 21.1. The number of thiazole rings is 1. The SMILES string of the molecule is Cc1cc(OC(C)C(=O)Nc2ccc(S(=O)(=O)Nc3nccs3)cc2)ccc1Cl. The van der Waals surface area contributed by atoms with Crippen LogP contribution < -0.4 is 14.8 Å². The summed E-state index contributed by atoms with van der Waals surface area (Å²) < 4.78 is 32.7. The fourth-order valence-corrected chi connectivity index (χ4v) is 4.26. The number of ether oxygens (including phenoxy) is 1. The molecule has 2 N–H and O–H groups in total. The number of carbonyl (C=O) groups excluding carboxylic acids is 1. The zero-order chi connectivity index (χ0) is 21.0. The van der Waals surface area contributed by atoms with E-state index in [-0.39, 0.29) is 15.9 Å². The first-order valence-corrected chi connectivity index (χ1v) is 11.2. The number of anilines is 2. The number of rotatable bonds is 7. The summed E-state index contributed by atoms with van der Waals surface area (Å²) in [5.74, 6) is 0.165. The molecule has 3 rings (SSSR count). The Bertz CT molecular complexity index is 1100. The van der Waals surface area contributed by atoms with Crippen molar-refractivity contribution in [2.24, 2.45) is 0 Å². The minimum atomic E-state index is -3.74. The standard InChI is InChI=1S/C19H18ClN3O4S2/c1-12-11-15(5-8-17(12)20)27-13(2)18(24)22-14-3-6-16(7-4-14)29(25,26)23-19-21-9-10-28-19/h3-11,13H,1-2H3,(H,21,23)(H,22,24). The van der Waals surface area contributed by atoms with E-state index in [4.69, 9.17) is 16.3 Å². The molecule has 0 aliphatic heterocycles. The molecule has 0 saturated carbocycles. The molecule has 3 aromatic rings. The molecule has 1 aromatic heterocycles. The van der Waals surface area contributed by atoms with Crippen LogP contribution in [-0.4, -0.2) is 25.4 Å². The van der Waals surface area contributed by atoms with E-state index in [1.807, 2.05) is 6.92 Å². The molecule has 29 heavy (non-hydrogen) atoms. The topological polar surface area (TPSA) is 97.4 Å². The van der Waals surface area contributed by atoms with Crippen LogP contribution in [0.15, 0.2) is 58.9 Å². The van der Waals surface area contributed by atoms with Crippen molar-refractivity contribution in [1.82, 2.24) is 4.98 Å². The van der Waals surface area contributed by atoms with Crippen molar-refractivity contribution in [1.29, 1.82) is 0 Å². The zero-order valence-electron chi connectivity index (χ0n) is 15.5. The van der Waals surface area contributed by atoms with Crippen molar-refractivity contribution in [3.05, 3.63) is 64.6 Å². The molecule has 0 fully saturated rings. The average Bonchev–Trinajstić information content (AvgIpc) is 3.17. The van der Waals surface area contributed by atoms with Crippen molar-refractivity contribution < 1.29 is 17.9 Å². The van der Waals surface area contributed by atoms with E-state index < -0.39 is 16.1 Å². The van der Waals surface area contributed by atoms with Crippen LogP contribution in [0.3, 0.4) is 0 Å². The maximum atomic E-state index is 12.4. The third-order valence-electron chi connectivity index (χ3n) is 3.90. The van der Waals surface area contributed by atoms with Crippen LogP contribution in [0.2, 0.25) is 5.02 Å². The Balaban J connectivity index is 1.62. The molecule has 0 saturated heterocycles. The van der Waals surface area contributed by atoms with Gasteiger partial charge in [0.25, 0.3) is 15.9 Å². The first-order valence-electron chi connectivity index (χ1n) is 8.50. The third-order valence-corrected chi connectivity index (χ3v) is 6.49. The number of benzene rings is 2. The largest absolute Gasteiger partial charge is 0.481 e. The van der Waals surface area contributed by atoms with Crippen LogP contribution in [0.4, 0.5) is 10.8 Å². The monoisotopic (exact) mass is 451 g/mol. The summed E-state index contributed by atoms with van der Waals surface area (Å²) in [5, 5.41) is 5.27. The average molecular weight is 452 g/mol. The zero-order valence-corrected chi connectivity index (χ0v) is 17.9. The second kappa shape index (κ2) is 8.81. The maximum Gasteiger partial charge on any atom is 0.265 e. The number of sulfonamides is 1. The summed E-state index contributed by atoms with van der Waals surface area (Å²) >= 11 is 7.17. The summed E-state index contributed by atoms with van der Waals surface area (Å²) in [6.45, 7) is 3.47. The van der Waals surface area contributed by atoms with Gasteiger partial charge in [-0.2, -0.15) is 0 Å². The lowest BCUT2D eigenvalue weighted by molar-refractivity contribution is -0.122. The molecular weight excluding hydrogens is 434 g/mol. The normalized spacial score (nSPS) is 12.2. The molecule has 0 spiro atoms. The third kappa shape index (κ3) is 5.47. The lowest BCUT2D eigenvalue weighted by atomic mass is 10.2. The van der Waals surface area contributed by atoms with E-state index in [1.165, 1.54) is 41.8 Å². The van der Waals surface area contributed by atoms with Gasteiger partial charge in [-0.3, -0.25) is 9.52 Å². The van der Waals surface area contributed by atoms with Crippen LogP contribution in [0.1, 0.15) is 12.5 Å². The predicted molar refractivity (Wildman–Crippen MR) is 114 cm³/mol. The number of hydrogen-bond donors (Lipinski definition) is 2. The van der Waals surface area contributed by atoms with E-state index >= 15 is 0 Å². The molecule has 0 aliphatic rings. The van der Waals surface area contributed by atoms with E-state index in [9.17, 15) is 13.2 Å². The Morgan fingerprint density at radius 2 is 1.93 bits per heavy atom. The van der Waals surface area contributed by atoms with Gasteiger partial charge in [0, 0.05) is 22.3 Å². The van der Waals surface area contributed by atoms with Crippen LogP contribution in [-0.2, 0) is 14.8 Å². The summed E-state index contributed by atoms with van der Waals surface area (Å²) in [7, 11) is -3.74. The van der Waals surface area contributed by atoms with E-state index in [1.54, 1.807) is 30.5 Å². The fraction of sp³-hybridized carbons (Fsp3) is 0.158. The molecule has 0 radical (unpaired) electrons. The van der Waals surface area contributed by atoms with Gasteiger partial charge in [-0.05, 0) is 61.9 Å².